The van der Waals surface area contributed by atoms with E-state index in [4.69, 9.17) is 11.6 Å². The Labute approximate surface area is 143 Å². The molecule has 0 N–H and O–H groups in total. The molecule has 108 valence electrons. The largest absolute Gasteiger partial charge is 0.335 e. The lowest BCUT2D eigenvalue weighted by Gasteiger charge is -2.14. The lowest BCUT2D eigenvalue weighted by atomic mass is 10.3. The van der Waals surface area contributed by atoms with E-state index >= 15 is 0 Å². The second-order valence-electron chi connectivity index (χ2n) is 4.17. The zero-order valence-corrected chi connectivity index (χ0v) is 15.6. The standard InChI is InChI=1S/C12H12Br2ClN3OS/c1-3-18-5-8(15)9(16-18)6-17(2)12(19)10-4-7(13)11(14)20-10/h4-5H,3,6H2,1-2H3. The van der Waals surface area contributed by atoms with Crippen LogP contribution in [0.25, 0.3) is 0 Å². The maximum atomic E-state index is 12.3. The van der Waals surface area contributed by atoms with Gasteiger partial charge in [0.15, 0.2) is 0 Å². The molecule has 0 fully saturated rings. The van der Waals surface area contributed by atoms with Crippen LogP contribution in [0.5, 0.6) is 0 Å². The average Bonchev–Trinajstić information content (AvgIpc) is 2.93. The summed E-state index contributed by atoms with van der Waals surface area (Å²) >= 11 is 14.3. The first kappa shape index (κ1) is 16.0. The zero-order valence-electron chi connectivity index (χ0n) is 10.9. The third-order valence-corrected chi connectivity index (χ3v) is 6.26. The predicted molar refractivity (Wildman–Crippen MR) is 88.4 cm³/mol. The number of amides is 1. The molecule has 8 heteroatoms. The molecule has 1 amide bonds. The second-order valence-corrected chi connectivity index (χ2v) is 7.80. The molecule has 0 saturated heterocycles. The number of thiophene rings is 1. The highest BCUT2D eigenvalue weighted by Crippen LogP contribution is 2.33. The molecule has 0 aliphatic heterocycles. The van der Waals surface area contributed by atoms with Crippen molar-refractivity contribution in [3.05, 3.63) is 36.1 Å². The highest BCUT2D eigenvalue weighted by molar-refractivity contribution is 9.13. The van der Waals surface area contributed by atoms with Crippen molar-refractivity contribution in [1.82, 2.24) is 14.7 Å². The van der Waals surface area contributed by atoms with E-state index in [1.807, 2.05) is 6.92 Å². The van der Waals surface area contributed by atoms with Gasteiger partial charge in [-0.15, -0.1) is 11.3 Å². The van der Waals surface area contributed by atoms with Crippen molar-refractivity contribution >= 4 is 60.7 Å². The van der Waals surface area contributed by atoms with Crippen molar-refractivity contribution in [2.75, 3.05) is 7.05 Å². The number of hydrogen-bond donors (Lipinski definition) is 0. The molecule has 2 rings (SSSR count). The van der Waals surface area contributed by atoms with E-state index in [-0.39, 0.29) is 5.91 Å². The molecular weight excluding hydrogens is 429 g/mol. The lowest BCUT2D eigenvalue weighted by molar-refractivity contribution is 0.0788. The molecule has 20 heavy (non-hydrogen) atoms. The first-order valence-corrected chi connectivity index (χ1v) is 8.62. The summed E-state index contributed by atoms with van der Waals surface area (Å²) in [5, 5.41) is 4.93. The van der Waals surface area contributed by atoms with Gasteiger partial charge in [0.25, 0.3) is 5.91 Å². The minimum absolute atomic E-state index is 0.0523. The van der Waals surface area contributed by atoms with E-state index in [1.165, 1.54) is 11.3 Å². The summed E-state index contributed by atoms with van der Waals surface area (Å²) in [7, 11) is 1.74. The molecule has 0 aliphatic carbocycles. The number of halogens is 3. The van der Waals surface area contributed by atoms with Crippen LogP contribution in [0.15, 0.2) is 20.5 Å². The molecule has 0 unspecified atom stereocenters. The molecule has 2 aromatic rings. The molecule has 0 atom stereocenters. The van der Waals surface area contributed by atoms with Crippen LogP contribution in [-0.2, 0) is 13.1 Å². The number of aromatic nitrogens is 2. The molecule has 0 bridgehead atoms. The summed E-state index contributed by atoms with van der Waals surface area (Å²) in [5.74, 6) is -0.0523. The Kier molecular flexibility index (Phi) is 5.28. The topological polar surface area (TPSA) is 38.1 Å². The van der Waals surface area contributed by atoms with Crippen LogP contribution in [0.4, 0.5) is 0 Å². The number of aryl methyl sites for hydroxylation is 1. The second kappa shape index (κ2) is 6.60. The third kappa shape index (κ3) is 3.44. The van der Waals surface area contributed by atoms with Crippen LogP contribution >= 0.6 is 54.8 Å². The van der Waals surface area contributed by atoms with Gasteiger partial charge in [-0.05, 0) is 44.8 Å². The van der Waals surface area contributed by atoms with Gasteiger partial charge in [-0.2, -0.15) is 5.10 Å². The molecule has 0 radical (unpaired) electrons. The van der Waals surface area contributed by atoms with Crippen molar-refractivity contribution in [1.29, 1.82) is 0 Å². The van der Waals surface area contributed by atoms with E-state index in [9.17, 15) is 4.79 Å². The molecule has 0 saturated carbocycles. The maximum Gasteiger partial charge on any atom is 0.264 e. The Morgan fingerprint density at radius 2 is 2.25 bits per heavy atom. The van der Waals surface area contributed by atoms with Crippen LogP contribution in [-0.4, -0.2) is 27.6 Å². The number of carbonyl (C=O) groups is 1. The smallest absolute Gasteiger partial charge is 0.264 e. The van der Waals surface area contributed by atoms with Crippen molar-refractivity contribution in [2.45, 2.75) is 20.0 Å². The SMILES string of the molecule is CCn1cc(Cl)c(CN(C)C(=O)c2cc(Br)c(Br)s2)n1. The van der Waals surface area contributed by atoms with E-state index in [1.54, 1.807) is 28.9 Å². The summed E-state index contributed by atoms with van der Waals surface area (Å²) in [4.78, 5) is 14.6. The van der Waals surface area contributed by atoms with Crippen LogP contribution in [0.1, 0.15) is 22.3 Å². The summed E-state index contributed by atoms with van der Waals surface area (Å²) in [6, 6.07) is 1.81. The van der Waals surface area contributed by atoms with E-state index in [0.29, 0.717) is 22.1 Å². The van der Waals surface area contributed by atoms with Gasteiger partial charge in [0, 0.05) is 24.3 Å². The van der Waals surface area contributed by atoms with Crippen molar-refractivity contribution in [3.63, 3.8) is 0 Å². The first-order chi connectivity index (χ1) is 9.42. The first-order valence-electron chi connectivity index (χ1n) is 5.84. The number of nitrogens with zero attached hydrogens (tertiary/aromatic N) is 3. The fourth-order valence-corrected chi connectivity index (χ4v) is 3.88. The Hall–Kier alpha value is -0.370. The van der Waals surface area contributed by atoms with Crippen LogP contribution < -0.4 is 0 Å². The Bertz CT molecular complexity index is 621. The quantitative estimate of drug-likeness (QED) is 0.705. The fourth-order valence-electron chi connectivity index (χ4n) is 1.64. The van der Waals surface area contributed by atoms with Crippen molar-refractivity contribution in [3.8, 4) is 0 Å². The average molecular weight is 442 g/mol. The minimum atomic E-state index is -0.0523. The Morgan fingerprint density at radius 3 is 2.75 bits per heavy atom. The lowest BCUT2D eigenvalue weighted by Crippen LogP contribution is -2.25. The monoisotopic (exact) mass is 439 g/mol. The third-order valence-electron chi connectivity index (χ3n) is 2.70. The van der Waals surface area contributed by atoms with Crippen LogP contribution in [0, 0.1) is 0 Å². The van der Waals surface area contributed by atoms with Crippen LogP contribution in [0.3, 0.4) is 0 Å². The molecule has 2 aromatic heterocycles. The van der Waals surface area contributed by atoms with E-state index in [2.05, 4.69) is 37.0 Å². The van der Waals surface area contributed by atoms with E-state index < -0.39 is 0 Å². The van der Waals surface area contributed by atoms with Crippen LogP contribution in [0.2, 0.25) is 5.02 Å². The molecule has 0 spiro atoms. The maximum absolute atomic E-state index is 12.3. The van der Waals surface area contributed by atoms with Gasteiger partial charge in [-0.1, -0.05) is 11.6 Å². The van der Waals surface area contributed by atoms with Crippen molar-refractivity contribution < 1.29 is 4.79 Å². The minimum Gasteiger partial charge on any atom is -0.335 e. The van der Waals surface area contributed by atoms with Crippen molar-refractivity contribution in [2.24, 2.45) is 0 Å². The van der Waals surface area contributed by atoms with Gasteiger partial charge in [-0.3, -0.25) is 9.48 Å². The summed E-state index contributed by atoms with van der Waals surface area (Å²) in [5.41, 5.74) is 0.707. The Morgan fingerprint density at radius 1 is 1.55 bits per heavy atom. The van der Waals surface area contributed by atoms with Gasteiger partial charge in [0.2, 0.25) is 0 Å². The van der Waals surface area contributed by atoms with Gasteiger partial charge >= 0.3 is 0 Å². The Balaban J connectivity index is 2.12. The highest BCUT2D eigenvalue weighted by Gasteiger charge is 2.18. The van der Waals surface area contributed by atoms with Gasteiger partial charge < -0.3 is 4.90 Å². The van der Waals surface area contributed by atoms with Gasteiger partial charge in [-0.25, -0.2) is 0 Å². The number of hydrogen-bond acceptors (Lipinski definition) is 3. The molecule has 0 aromatic carbocycles. The van der Waals surface area contributed by atoms with Gasteiger partial charge in [0.1, 0.15) is 5.69 Å². The molecule has 4 nitrogen and oxygen atoms in total. The number of carbonyl (C=O) groups excluding carboxylic acids is 1. The van der Waals surface area contributed by atoms with E-state index in [0.717, 1.165) is 14.8 Å². The van der Waals surface area contributed by atoms with Gasteiger partial charge in [0.05, 0.1) is 20.2 Å². The summed E-state index contributed by atoms with van der Waals surface area (Å²) in [6.07, 6.45) is 1.77. The summed E-state index contributed by atoms with van der Waals surface area (Å²) < 4.78 is 3.55. The summed E-state index contributed by atoms with van der Waals surface area (Å²) in [6.45, 7) is 3.13. The predicted octanol–water partition coefficient (Wildman–Crippen LogP) is 4.42. The fraction of sp³-hybridized carbons (Fsp3) is 0.333. The highest BCUT2D eigenvalue weighted by atomic mass is 79.9. The molecule has 2 heterocycles. The number of rotatable bonds is 4. The zero-order chi connectivity index (χ0) is 14.9. The molecular formula is C12H12Br2ClN3OS. The molecule has 0 aliphatic rings. The normalized spacial score (nSPS) is 10.8.